The Morgan fingerprint density at radius 3 is 2.93 bits per heavy atom. The van der Waals surface area contributed by atoms with E-state index in [1.54, 1.807) is 19.2 Å². The molecule has 2 aromatic carbocycles. The molecule has 0 saturated heterocycles. The number of rotatable bonds is 5. The van der Waals surface area contributed by atoms with Crippen LogP contribution in [0.15, 0.2) is 53.7 Å². The van der Waals surface area contributed by atoms with E-state index in [1.165, 1.54) is 11.6 Å². The maximum atomic E-state index is 13.5. The van der Waals surface area contributed by atoms with Gasteiger partial charge in [-0.05, 0) is 41.8 Å². The lowest BCUT2D eigenvalue weighted by atomic mass is 10.1. The van der Waals surface area contributed by atoms with Crippen molar-refractivity contribution in [3.8, 4) is 5.75 Å². The summed E-state index contributed by atoms with van der Waals surface area (Å²) in [5, 5.41) is 7.55. The van der Waals surface area contributed by atoms with Gasteiger partial charge in [-0.1, -0.05) is 18.2 Å². The lowest BCUT2D eigenvalue weighted by Crippen LogP contribution is -2.42. The number of nitrogens with zero attached hydrogens (tertiary/aromatic N) is 1. The molecule has 28 heavy (non-hydrogen) atoms. The third-order valence-corrected chi connectivity index (χ3v) is 4.85. The van der Waals surface area contributed by atoms with Gasteiger partial charge in [-0.3, -0.25) is 4.99 Å². The van der Waals surface area contributed by atoms with Gasteiger partial charge in [-0.2, -0.15) is 0 Å². The van der Waals surface area contributed by atoms with Gasteiger partial charge in [0.25, 0.3) is 0 Å². The summed E-state index contributed by atoms with van der Waals surface area (Å²) in [6.45, 7) is 1.39. The molecule has 3 aromatic rings. The van der Waals surface area contributed by atoms with Crippen molar-refractivity contribution in [1.82, 2.24) is 15.6 Å². The highest BCUT2D eigenvalue weighted by molar-refractivity contribution is 14.0. The fourth-order valence-corrected chi connectivity index (χ4v) is 3.47. The van der Waals surface area contributed by atoms with Crippen molar-refractivity contribution in [2.75, 3.05) is 20.1 Å². The van der Waals surface area contributed by atoms with Crippen LogP contribution in [0.25, 0.3) is 10.9 Å². The lowest BCUT2D eigenvalue weighted by Gasteiger charge is -2.15. The van der Waals surface area contributed by atoms with Crippen LogP contribution in [0, 0.1) is 5.82 Å². The molecular formula is C21H24FIN4O. The summed E-state index contributed by atoms with van der Waals surface area (Å²) in [5.74, 6) is 1.49. The number of hydrogen-bond acceptors (Lipinski definition) is 2. The highest BCUT2D eigenvalue weighted by Crippen LogP contribution is 2.27. The zero-order valence-electron chi connectivity index (χ0n) is 15.7. The summed E-state index contributed by atoms with van der Waals surface area (Å²) >= 11 is 0. The number of H-pyrrole nitrogens is 1. The molecule has 3 N–H and O–H groups in total. The Labute approximate surface area is 180 Å². The molecule has 0 radical (unpaired) electrons. The third kappa shape index (κ3) is 4.57. The van der Waals surface area contributed by atoms with E-state index in [0.717, 1.165) is 41.0 Å². The van der Waals surface area contributed by atoms with Crippen LogP contribution in [0.1, 0.15) is 11.1 Å². The maximum absolute atomic E-state index is 13.5. The minimum atomic E-state index is -0.216. The van der Waals surface area contributed by atoms with Crippen molar-refractivity contribution in [2.24, 2.45) is 4.99 Å². The van der Waals surface area contributed by atoms with Crippen LogP contribution in [-0.4, -0.2) is 37.2 Å². The van der Waals surface area contributed by atoms with Crippen LogP contribution in [0.4, 0.5) is 4.39 Å². The molecule has 5 nitrogen and oxygen atoms in total. The minimum absolute atomic E-state index is 0. The predicted molar refractivity (Wildman–Crippen MR) is 121 cm³/mol. The summed E-state index contributed by atoms with van der Waals surface area (Å²) in [5.41, 5.74) is 3.28. The van der Waals surface area contributed by atoms with E-state index in [2.05, 4.69) is 26.7 Å². The van der Waals surface area contributed by atoms with E-state index in [4.69, 9.17) is 4.74 Å². The quantitative estimate of drug-likeness (QED) is 0.289. The van der Waals surface area contributed by atoms with Crippen LogP contribution in [0.2, 0.25) is 0 Å². The second-order valence-corrected chi connectivity index (χ2v) is 6.69. The first kappa shape index (κ1) is 20.4. The minimum Gasteiger partial charge on any atom is -0.488 e. The number of nitrogens with one attached hydrogen (secondary N) is 3. The van der Waals surface area contributed by atoms with E-state index < -0.39 is 0 Å². The fraction of sp³-hybridized carbons (Fsp3) is 0.286. The smallest absolute Gasteiger partial charge is 0.191 e. The van der Waals surface area contributed by atoms with Crippen molar-refractivity contribution in [3.63, 3.8) is 0 Å². The van der Waals surface area contributed by atoms with E-state index in [-0.39, 0.29) is 35.9 Å². The zero-order chi connectivity index (χ0) is 18.6. The van der Waals surface area contributed by atoms with E-state index in [1.807, 2.05) is 24.4 Å². The van der Waals surface area contributed by atoms with Crippen molar-refractivity contribution >= 4 is 40.8 Å². The SMILES string of the molecule is CN=C(NCCc1c[nH]c2ccc(F)cc12)NCC1Cc2ccccc2O1.I. The molecule has 4 rings (SSSR count). The van der Waals surface area contributed by atoms with Gasteiger partial charge in [0.2, 0.25) is 0 Å². The van der Waals surface area contributed by atoms with Crippen molar-refractivity contribution < 1.29 is 9.13 Å². The number of halogens is 2. The standard InChI is InChI=1S/C21H23FN4O.HI/c1-23-21(26-13-17-10-14-4-2-3-5-20(14)27-17)24-9-8-15-12-25-19-7-6-16(22)11-18(15)19;/h2-7,11-12,17,25H,8-10,13H2,1H3,(H2,23,24,26);1H. The van der Waals surface area contributed by atoms with Gasteiger partial charge in [0.05, 0.1) is 6.54 Å². The van der Waals surface area contributed by atoms with Gasteiger partial charge in [-0.25, -0.2) is 4.39 Å². The van der Waals surface area contributed by atoms with Crippen LogP contribution in [0.3, 0.4) is 0 Å². The predicted octanol–water partition coefficient (Wildman–Crippen LogP) is 3.64. The van der Waals surface area contributed by atoms with E-state index in [9.17, 15) is 4.39 Å². The molecular weight excluding hydrogens is 470 g/mol. The second-order valence-electron chi connectivity index (χ2n) is 6.69. The number of guanidine groups is 1. The number of fused-ring (bicyclic) bond motifs is 2. The zero-order valence-corrected chi connectivity index (χ0v) is 18.0. The molecule has 1 unspecified atom stereocenters. The van der Waals surface area contributed by atoms with Gasteiger partial charge >= 0.3 is 0 Å². The molecule has 0 amide bonds. The number of aliphatic imine (C=N–C) groups is 1. The van der Waals surface area contributed by atoms with Gasteiger partial charge in [0.15, 0.2) is 5.96 Å². The number of para-hydroxylation sites is 1. The average molecular weight is 494 g/mol. The summed E-state index contributed by atoms with van der Waals surface area (Å²) < 4.78 is 19.4. The van der Waals surface area contributed by atoms with Crippen molar-refractivity contribution in [3.05, 3.63) is 65.6 Å². The summed E-state index contributed by atoms with van der Waals surface area (Å²) in [7, 11) is 1.75. The number of ether oxygens (including phenoxy) is 1. The first-order valence-corrected chi connectivity index (χ1v) is 9.17. The summed E-state index contributed by atoms with van der Waals surface area (Å²) in [6.07, 6.45) is 3.72. The van der Waals surface area contributed by atoms with Crippen LogP contribution in [-0.2, 0) is 12.8 Å². The number of hydrogen-bond donors (Lipinski definition) is 3. The monoisotopic (exact) mass is 494 g/mol. The number of aromatic nitrogens is 1. The van der Waals surface area contributed by atoms with Crippen molar-refractivity contribution in [1.29, 1.82) is 0 Å². The Morgan fingerprint density at radius 1 is 1.25 bits per heavy atom. The normalized spacial score (nSPS) is 15.6. The van der Waals surface area contributed by atoms with Gasteiger partial charge in [-0.15, -0.1) is 24.0 Å². The van der Waals surface area contributed by atoms with Crippen molar-refractivity contribution in [2.45, 2.75) is 18.9 Å². The van der Waals surface area contributed by atoms with Crippen LogP contribution < -0.4 is 15.4 Å². The molecule has 2 heterocycles. The number of aromatic amines is 1. The lowest BCUT2D eigenvalue weighted by molar-refractivity contribution is 0.235. The second kappa shape index (κ2) is 9.27. The van der Waals surface area contributed by atoms with Gasteiger partial charge < -0.3 is 20.4 Å². The fourth-order valence-electron chi connectivity index (χ4n) is 3.47. The van der Waals surface area contributed by atoms with E-state index >= 15 is 0 Å². The molecule has 0 fully saturated rings. The Bertz CT molecular complexity index is 947. The Kier molecular flexibility index (Phi) is 6.77. The topological polar surface area (TPSA) is 61.4 Å². The average Bonchev–Trinajstić information content (AvgIpc) is 3.28. The summed E-state index contributed by atoms with van der Waals surface area (Å²) in [4.78, 5) is 7.45. The molecule has 0 aliphatic carbocycles. The summed E-state index contributed by atoms with van der Waals surface area (Å²) in [6, 6.07) is 12.9. The highest BCUT2D eigenvalue weighted by Gasteiger charge is 2.22. The Balaban J connectivity index is 0.00000225. The maximum Gasteiger partial charge on any atom is 0.191 e. The Morgan fingerprint density at radius 2 is 2.11 bits per heavy atom. The molecule has 1 aromatic heterocycles. The first-order chi connectivity index (χ1) is 13.2. The molecule has 1 aliphatic rings. The van der Waals surface area contributed by atoms with Gasteiger partial charge in [0, 0.05) is 37.1 Å². The Hall–Kier alpha value is -2.29. The molecule has 1 atom stereocenters. The van der Waals surface area contributed by atoms with Gasteiger partial charge in [0.1, 0.15) is 17.7 Å². The van der Waals surface area contributed by atoms with Crippen LogP contribution in [0.5, 0.6) is 5.75 Å². The molecule has 0 bridgehead atoms. The first-order valence-electron chi connectivity index (χ1n) is 9.17. The highest BCUT2D eigenvalue weighted by atomic mass is 127. The number of benzene rings is 2. The largest absolute Gasteiger partial charge is 0.488 e. The third-order valence-electron chi connectivity index (χ3n) is 4.85. The molecule has 0 saturated carbocycles. The molecule has 0 spiro atoms. The van der Waals surface area contributed by atoms with Crippen LogP contribution >= 0.6 is 24.0 Å². The molecule has 148 valence electrons. The molecule has 7 heteroatoms. The van der Waals surface area contributed by atoms with E-state index in [0.29, 0.717) is 13.1 Å². The molecule has 1 aliphatic heterocycles.